The van der Waals surface area contributed by atoms with Crippen molar-refractivity contribution in [1.29, 1.82) is 0 Å². The first kappa shape index (κ1) is 81.1. The predicted molar refractivity (Wildman–Crippen MR) is 372 cm³/mol. The Labute approximate surface area is 583 Å². The molecule has 0 aromatic heterocycles. The Bertz CT molecular complexity index is 3210. The molecular formula is C75H108N8O16. The monoisotopic (exact) mass is 1380 g/mol. The number of likely N-dealkylation sites (N-methyl/N-ethyl adjacent to an activating group) is 2. The van der Waals surface area contributed by atoms with Crippen LogP contribution in [0.4, 0.5) is 0 Å². The molecule has 99 heavy (non-hydrogen) atoms. The van der Waals surface area contributed by atoms with Crippen LogP contribution in [0, 0.1) is 29.6 Å². The zero-order chi connectivity index (χ0) is 73.2. The van der Waals surface area contributed by atoms with Crippen molar-refractivity contribution in [1.82, 2.24) is 41.3 Å². The number of benzene rings is 3. The molecule has 5 unspecified atom stereocenters. The van der Waals surface area contributed by atoms with Crippen molar-refractivity contribution in [3.8, 4) is 5.75 Å². The van der Waals surface area contributed by atoms with Crippen LogP contribution in [-0.4, -0.2) is 186 Å². The molecule has 3 aromatic carbocycles. The number of esters is 2. The molecule has 2 fully saturated rings. The molecule has 0 saturated carbocycles. The number of ketones is 2. The smallest absolute Gasteiger partial charge is 0.329 e. The Balaban J connectivity index is 1.31. The van der Waals surface area contributed by atoms with E-state index in [1.54, 1.807) is 100 Å². The summed E-state index contributed by atoms with van der Waals surface area (Å²) in [5.41, 5.74) is 2.06. The minimum absolute atomic E-state index is 0.0458. The summed E-state index contributed by atoms with van der Waals surface area (Å²) >= 11 is 0. The zero-order valence-corrected chi connectivity index (χ0v) is 60.2. The number of rotatable bonds is 28. The molecule has 2 saturated heterocycles. The average molecular weight is 1380 g/mol. The number of hydrogen-bond donors (Lipinski definition) is 6. The fraction of sp³-hybridized carbons (Fsp3) is 0.600. The second-order valence-corrected chi connectivity index (χ2v) is 27.6. The molecule has 8 amide bonds. The molecule has 11 atom stereocenters. The van der Waals surface area contributed by atoms with Crippen molar-refractivity contribution in [2.24, 2.45) is 29.6 Å². The summed E-state index contributed by atoms with van der Waals surface area (Å²) in [6.45, 7) is 17.8. The minimum atomic E-state index is -1.73. The largest absolute Gasteiger partial charge is 0.497 e. The maximum Gasteiger partial charge on any atom is 0.329 e. The summed E-state index contributed by atoms with van der Waals surface area (Å²) in [7, 11) is 4.39. The van der Waals surface area contributed by atoms with Gasteiger partial charge >= 0.3 is 11.9 Å². The molecule has 2 aliphatic heterocycles. The predicted octanol–water partition coefficient (Wildman–Crippen LogP) is 6.84. The van der Waals surface area contributed by atoms with Crippen molar-refractivity contribution in [2.75, 3.05) is 40.8 Å². The van der Waals surface area contributed by atoms with Gasteiger partial charge in [-0.05, 0) is 119 Å². The number of cyclic esters (lactones) is 2. The van der Waals surface area contributed by atoms with Crippen LogP contribution in [0.25, 0.3) is 0 Å². The molecule has 0 bridgehead atoms. The van der Waals surface area contributed by atoms with Crippen molar-refractivity contribution in [3.05, 3.63) is 101 Å². The lowest BCUT2D eigenvalue weighted by Crippen LogP contribution is -2.61. The number of carbonyl (C=O) groups excluding carboxylic acids is 12. The van der Waals surface area contributed by atoms with E-state index in [4.69, 9.17) is 14.2 Å². The van der Waals surface area contributed by atoms with Crippen molar-refractivity contribution in [2.45, 2.75) is 220 Å². The third-order valence-electron chi connectivity index (χ3n) is 18.5. The molecule has 24 heteroatoms. The van der Waals surface area contributed by atoms with Gasteiger partial charge in [-0.15, -0.1) is 0 Å². The van der Waals surface area contributed by atoms with E-state index in [1.807, 2.05) is 33.8 Å². The van der Waals surface area contributed by atoms with E-state index < -0.39 is 126 Å². The molecule has 24 nitrogen and oxygen atoms in total. The summed E-state index contributed by atoms with van der Waals surface area (Å²) in [5, 5.41) is 26.1. The summed E-state index contributed by atoms with van der Waals surface area (Å²) < 4.78 is 17.3. The van der Waals surface area contributed by atoms with E-state index in [0.29, 0.717) is 98.9 Å². The third-order valence-corrected chi connectivity index (χ3v) is 18.5. The van der Waals surface area contributed by atoms with Crippen LogP contribution in [0.15, 0.2) is 78.9 Å². The van der Waals surface area contributed by atoms with Crippen LogP contribution in [0.2, 0.25) is 0 Å². The van der Waals surface area contributed by atoms with E-state index in [-0.39, 0.29) is 74.0 Å². The second-order valence-electron chi connectivity index (χ2n) is 27.6. The molecule has 6 N–H and O–H groups in total. The Morgan fingerprint density at radius 3 is 1.95 bits per heavy atom. The van der Waals surface area contributed by atoms with Crippen LogP contribution in [-0.2, 0) is 63.8 Å². The van der Waals surface area contributed by atoms with Gasteiger partial charge in [0.05, 0.1) is 31.6 Å². The lowest BCUT2D eigenvalue weighted by molar-refractivity contribution is -0.163. The van der Waals surface area contributed by atoms with Gasteiger partial charge in [-0.3, -0.25) is 52.7 Å². The Kier molecular flexibility index (Phi) is 32.7. The number of nitrogens with one attached hydrogen (secondary N) is 5. The Morgan fingerprint density at radius 2 is 1.34 bits per heavy atom. The van der Waals surface area contributed by atoms with Crippen LogP contribution in [0.3, 0.4) is 0 Å². The number of amides is 8. The number of ether oxygens (including phenoxy) is 3. The summed E-state index contributed by atoms with van der Waals surface area (Å²) in [4.78, 5) is 173. The van der Waals surface area contributed by atoms with Gasteiger partial charge in [-0.2, -0.15) is 0 Å². The number of aliphatic hydroxyl groups is 1. The molecular weight excluding hydrogens is 1270 g/mol. The topological polar surface area (TPSA) is 323 Å². The molecule has 2 heterocycles. The van der Waals surface area contributed by atoms with Gasteiger partial charge in [0, 0.05) is 69.7 Å². The highest BCUT2D eigenvalue weighted by atomic mass is 16.6. The van der Waals surface area contributed by atoms with Crippen molar-refractivity contribution in [3.63, 3.8) is 0 Å². The highest BCUT2D eigenvalue weighted by Gasteiger charge is 2.45. The van der Waals surface area contributed by atoms with Gasteiger partial charge in [0.1, 0.15) is 42.1 Å². The summed E-state index contributed by atoms with van der Waals surface area (Å²) in [6.07, 6.45) is -0.355. The first-order chi connectivity index (χ1) is 47.0. The molecule has 3 aromatic rings. The van der Waals surface area contributed by atoms with Crippen molar-refractivity contribution >= 4 is 70.8 Å². The SMILES string of the molecule is CC[C@H](C)C1NC(=O)C(NC(=O)[C@@H](CC(C)C)N(C)C(=O)CCCCCNC(=O)CCCCCNC(=O)c2ccc(C(=O)c3ccccc3)cc2)[C@@H](C)OC(=O)C(Cc2ccc(OC)cc2)N(C)C(=O)[C@@H]2CCCN2C(=O)C(CC(C)C)NC(=O)[C@@H](C)C(=O)C(C(C)C)OC(=O)C[C@@H]1O. The first-order valence-electron chi connectivity index (χ1n) is 35.2. The Hall–Kier alpha value is -8.54. The second kappa shape index (κ2) is 39.9. The molecule has 0 spiro atoms. The van der Waals surface area contributed by atoms with Crippen LogP contribution < -0.4 is 31.3 Å². The number of hydrogen-bond acceptors (Lipinski definition) is 16. The number of carbonyl (C=O) groups is 12. The van der Waals surface area contributed by atoms with Gasteiger partial charge in [-0.25, -0.2) is 4.79 Å². The van der Waals surface area contributed by atoms with Gasteiger partial charge in [0.15, 0.2) is 17.7 Å². The van der Waals surface area contributed by atoms with Crippen molar-refractivity contribution < 1.29 is 76.9 Å². The maximum atomic E-state index is 15.1. The van der Waals surface area contributed by atoms with Gasteiger partial charge < -0.3 is 60.6 Å². The normalized spacial score (nSPS) is 22.4. The number of methoxy groups -OCH3 is 1. The quantitative estimate of drug-likeness (QED) is 0.0187. The van der Waals surface area contributed by atoms with Crippen LogP contribution in [0.5, 0.6) is 5.75 Å². The number of Topliss-reactive ketones (excluding diaryl/α,β-unsaturated/α-hetero) is 1. The molecule has 0 radical (unpaired) electrons. The number of nitrogens with zero attached hydrogens (tertiary/aromatic N) is 3. The fourth-order valence-corrected chi connectivity index (χ4v) is 12.3. The van der Waals surface area contributed by atoms with Crippen LogP contribution >= 0.6 is 0 Å². The minimum Gasteiger partial charge on any atom is -0.497 e. The molecule has 0 aliphatic carbocycles. The Morgan fingerprint density at radius 1 is 0.727 bits per heavy atom. The van der Waals surface area contributed by atoms with Crippen LogP contribution in [0.1, 0.15) is 191 Å². The highest BCUT2D eigenvalue weighted by molar-refractivity contribution is 6.09. The molecule has 5 rings (SSSR count). The highest BCUT2D eigenvalue weighted by Crippen LogP contribution is 2.27. The number of unbranched alkanes of at least 4 members (excludes halogenated alkanes) is 4. The van der Waals surface area contributed by atoms with E-state index in [1.165, 1.54) is 49.8 Å². The van der Waals surface area contributed by atoms with Gasteiger partial charge in [-0.1, -0.05) is 129 Å². The van der Waals surface area contributed by atoms with Gasteiger partial charge in [0.25, 0.3) is 5.91 Å². The standard InChI is InChI=1S/C75H108N8O16/c1-14-48(8)64-60(84)44-63(87)99-68(47(6)7)66(88)49(9)69(90)78-56(41-45(2)3)73(94)83-40-24-27-57(83)74(95)82(12)59(43-51-30-36-55(97-13)37-31-51)75(96)98-50(10)65(72(93)79-64)80-71(92)58(42-46(4)5)81(11)62(86)29-21-17-22-38-76-61(85)28-20-16-23-39-77-70(91)54-34-32-53(33-35-54)67(89)52-25-18-15-19-26-52/h15,18-19,25-26,30-37,45-50,56-60,64-65,68,84H,14,16-17,20-24,27-29,38-44H2,1-13H3,(H,76,85)(H,77,91)(H,78,90)(H,79,93)(H,80,92)/t48-,49-,50+,56?,57-,58+,59?,60-,64?,65?,68?/m0/s1. The third kappa shape index (κ3) is 24.4. The van der Waals surface area contributed by atoms with Gasteiger partial charge in [0.2, 0.25) is 41.4 Å². The van der Waals surface area contributed by atoms with E-state index in [9.17, 15) is 53.1 Å². The summed E-state index contributed by atoms with van der Waals surface area (Å²) in [5.74, 6) is -9.76. The average Bonchev–Trinajstić information content (AvgIpc) is 1.20. The maximum absolute atomic E-state index is 15.1. The first-order valence-corrected chi connectivity index (χ1v) is 35.2. The number of fused-ring (bicyclic) bond motifs is 1. The van der Waals surface area contributed by atoms with E-state index >= 15 is 9.59 Å². The lowest BCUT2D eigenvalue weighted by atomic mass is 9.91. The summed E-state index contributed by atoms with van der Waals surface area (Å²) in [6, 6.07) is 14.4. The van der Waals surface area contributed by atoms with E-state index in [0.717, 1.165) is 0 Å². The fourth-order valence-electron chi connectivity index (χ4n) is 12.3. The molecule has 544 valence electrons. The molecule has 2 aliphatic rings. The number of aliphatic hydroxyl groups excluding tert-OH is 1. The van der Waals surface area contributed by atoms with E-state index in [2.05, 4.69) is 26.6 Å². The lowest BCUT2D eigenvalue weighted by Gasteiger charge is -2.36. The zero-order valence-electron chi connectivity index (χ0n) is 60.2.